The lowest BCUT2D eigenvalue weighted by Gasteiger charge is -2.27. The first kappa shape index (κ1) is 14.9. The molecule has 6 nitrogen and oxygen atoms in total. The number of hydrogen-bond donors (Lipinski definition) is 2. The predicted molar refractivity (Wildman–Crippen MR) is 72.4 cm³/mol. The molecule has 0 bridgehead atoms. The van der Waals surface area contributed by atoms with Gasteiger partial charge in [-0.05, 0) is 32.8 Å². The SMILES string of the molecule is Cc1ccc([N+](=O)[O-])cc1NC(C)(C)CCC(=O)O. The van der Waals surface area contributed by atoms with Crippen molar-refractivity contribution in [3.63, 3.8) is 0 Å². The van der Waals surface area contributed by atoms with E-state index in [1.165, 1.54) is 12.1 Å². The van der Waals surface area contributed by atoms with Crippen LogP contribution in [0.1, 0.15) is 32.3 Å². The number of aryl methyl sites for hydroxylation is 1. The summed E-state index contributed by atoms with van der Waals surface area (Å²) in [6.45, 7) is 5.59. The fraction of sp³-hybridized carbons (Fsp3) is 0.462. The van der Waals surface area contributed by atoms with Gasteiger partial charge in [0, 0.05) is 29.8 Å². The molecular formula is C13H18N2O4. The molecule has 0 saturated heterocycles. The minimum atomic E-state index is -0.856. The second kappa shape index (κ2) is 5.69. The number of nitrogens with one attached hydrogen (secondary N) is 1. The van der Waals surface area contributed by atoms with Crippen molar-refractivity contribution >= 4 is 17.3 Å². The number of anilines is 1. The Kier molecular flexibility index (Phi) is 4.47. The van der Waals surface area contributed by atoms with Crippen molar-refractivity contribution in [3.8, 4) is 0 Å². The zero-order chi connectivity index (χ0) is 14.6. The maximum atomic E-state index is 10.7. The molecule has 0 aliphatic carbocycles. The highest BCUT2D eigenvalue weighted by molar-refractivity contribution is 5.67. The number of nitro groups is 1. The van der Waals surface area contributed by atoms with Crippen molar-refractivity contribution in [2.45, 2.75) is 39.2 Å². The summed E-state index contributed by atoms with van der Waals surface area (Å²) in [4.78, 5) is 20.9. The Bertz CT molecular complexity index is 497. The normalized spacial score (nSPS) is 11.1. The van der Waals surface area contributed by atoms with Crippen molar-refractivity contribution in [2.75, 3.05) is 5.32 Å². The van der Waals surface area contributed by atoms with E-state index >= 15 is 0 Å². The Morgan fingerprint density at radius 3 is 2.63 bits per heavy atom. The number of nitrogens with zero attached hydrogens (tertiary/aromatic N) is 1. The summed E-state index contributed by atoms with van der Waals surface area (Å²) in [6.07, 6.45) is 0.485. The molecule has 0 aromatic heterocycles. The standard InChI is InChI=1S/C13H18N2O4/c1-9-4-5-10(15(18)19)8-11(9)14-13(2,3)7-6-12(16)17/h4-5,8,14H,6-7H2,1-3H3,(H,16,17). The van der Waals surface area contributed by atoms with Crippen molar-refractivity contribution in [1.82, 2.24) is 0 Å². The number of rotatable bonds is 6. The van der Waals surface area contributed by atoms with Gasteiger partial charge in [0.05, 0.1) is 4.92 Å². The van der Waals surface area contributed by atoms with E-state index in [9.17, 15) is 14.9 Å². The molecule has 0 aliphatic rings. The van der Waals surface area contributed by atoms with Gasteiger partial charge in [-0.3, -0.25) is 14.9 Å². The summed E-state index contributed by atoms with van der Waals surface area (Å²) in [5, 5.41) is 22.6. The Morgan fingerprint density at radius 2 is 2.11 bits per heavy atom. The van der Waals surface area contributed by atoms with Crippen LogP contribution < -0.4 is 5.32 Å². The predicted octanol–water partition coefficient (Wildman–Crippen LogP) is 2.96. The lowest BCUT2D eigenvalue weighted by atomic mass is 9.97. The van der Waals surface area contributed by atoms with E-state index in [2.05, 4.69) is 5.32 Å². The average molecular weight is 266 g/mol. The molecule has 6 heteroatoms. The zero-order valence-electron chi connectivity index (χ0n) is 11.3. The smallest absolute Gasteiger partial charge is 0.303 e. The number of carboxylic acid groups (broad SMARTS) is 1. The van der Waals surface area contributed by atoms with Crippen LogP contribution in [0.3, 0.4) is 0 Å². The van der Waals surface area contributed by atoms with Crippen LogP contribution in [0.2, 0.25) is 0 Å². The van der Waals surface area contributed by atoms with Crippen LogP contribution in [0.25, 0.3) is 0 Å². The molecule has 104 valence electrons. The number of benzene rings is 1. The van der Waals surface area contributed by atoms with Gasteiger partial charge in [-0.15, -0.1) is 0 Å². The maximum Gasteiger partial charge on any atom is 0.303 e. The van der Waals surface area contributed by atoms with Crippen molar-refractivity contribution in [1.29, 1.82) is 0 Å². The number of non-ortho nitro benzene ring substituents is 1. The molecule has 19 heavy (non-hydrogen) atoms. The molecule has 0 radical (unpaired) electrons. The molecule has 2 N–H and O–H groups in total. The largest absolute Gasteiger partial charge is 0.481 e. The summed E-state index contributed by atoms with van der Waals surface area (Å²) >= 11 is 0. The molecule has 0 spiro atoms. The zero-order valence-corrected chi connectivity index (χ0v) is 11.3. The summed E-state index contributed by atoms with van der Waals surface area (Å²) < 4.78 is 0. The van der Waals surface area contributed by atoms with E-state index in [0.29, 0.717) is 12.1 Å². The van der Waals surface area contributed by atoms with Crippen LogP contribution in [0.5, 0.6) is 0 Å². The number of carbonyl (C=O) groups is 1. The Balaban J connectivity index is 2.88. The summed E-state index contributed by atoms with van der Waals surface area (Å²) in [5.41, 5.74) is 1.11. The summed E-state index contributed by atoms with van der Waals surface area (Å²) in [7, 11) is 0. The van der Waals surface area contributed by atoms with Gasteiger partial charge in [-0.2, -0.15) is 0 Å². The molecule has 0 saturated carbocycles. The van der Waals surface area contributed by atoms with E-state index in [1.54, 1.807) is 6.07 Å². The minimum Gasteiger partial charge on any atom is -0.481 e. The van der Waals surface area contributed by atoms with Gasteiger partial charge in [-0.25, -0.2) is 0 Å². The van der Waals surface area contributed by atoms with E-state index < -0.39 is 16.4 Å². The first-order valence-electron chi connectivity index (χ1n) is 5.96. The number of carboxylic acids is 1. The summed E-state index contributed by atoms with van der Waals surface area (Å²) in [6, 6.07) is 4.59. The van der Waals surface area contributed by atoms with E-state index in [1.807, 2.05) is 20.8 Å². The van der Waals surface area contributed by atoms with Gasteiger partial charge < -0.3 is 10.4 Å². The van der Waals surface area contributed by atoms with Crippen LogP contribution in [0.4, 0.5) is 11.4 Å². The third-order valence-electron chi connectivity index (χ3n) is 2.87. The topological polar surface area (TPSA) is 92.5 Å². The maximum absolute atomic E-state index is 10.7. The van der Waals surface area contributed by atoms with Crippen molar-refractivity contribution in [3.05, 3.63) is 33.9 Å². The summed E-state index contributed by atoms with van der Waals surface area (Å²) in [5.74, 6) is -0.856. The molecule has 0 amide bonds. The van der Waals surface area contributed by atoms with Crippen molar-refractivity contribution in [2.24, 2.45) is 0 Å². The number of hydrogen-bond acceptors (Lipinski definition) is 4. The Labute approximate surface area is 111 Å². The van der Waals surface area contributed by atoms with Gasteiger partial charge in [0.25, 0.3) is 5.69 Å². The van der Waals surface area contributed by atoms with Crippen LogP contribution in [0.15, 0.2) is 18.2 Å². The Hall–Kier alpha value is -2.11. The molecule has 1 rings (SSSR count). The average Bonchev–Trinajstić information content (AvgIpc) is 2.29. The van der Waals surface area contributed by atoms with Crippen molar-refractivity contribution < 1.29 is 14.8 Å². The monoisotopic (exact) mass is 266 g/mol. The van der Waals surface area contributed by atoms with Gasteiger partial charge in [0.1, 0.15) is 0 Å². The fourth-order valence-corrected chi connectivity index (χ4v) is 1.70. The lowest BCUT2D eigenvalue weighted by molar-refractivity contribution is -0.384. The minimum absolute atomic E-state index is 0.0159. The molecular weight excluding hydrogens is 248 g/mol. The Morgan fingerprint density at radius 1 is 1.47 bits per heavy atom. The fourth-order valence-electron chi connectivity index (χ4n) is 1.70. The first-order chi connectivity index (χ1) is 8.71. The van der Waals surface area contributed by atoms with Crippen LogP contribution in [-0.4, -0.2) is 21.5 Å². The molecule has 1 aromatic carbocycles. The molecule has 1 aromatic rings. The molecule has 0 aliphatic heterocycles. The van der Waals surface area contributed by atoms with E-state index in [-0.39, 0.29) is 12.1 Å². The van der Waals surface area contributed by atoms with E-state index in [0.717, 1.165) is 5.56 Å². The third kappa shape index (κ3) is 4.57. The third-order valence-corrected chi connectivity index (χ3v) is 2.87. The van der Waals surface area contributed by atoms with Crippen LogP contribution in [0, 0.1) is 17.0 Å². The van der Waals surface area contributed by atoms with Gasteiger partial charge >= 0.3 is 5.97 Å². The first-order valence-corrected chi connectivity index (χ1v) is 5.96. The molecule has 0 fully saturated rings. The van der Waals surface area contributed by atoms with Gasteiger partial charge in [-0.1, -0.05) is 6.07 Å². The van der Waals surface area contributed by atoms with Gasteiger partial charge in [0.2, 0.25) is 0 Å². The van der Waals surface area contributed by atoms with Crippen LogP contribution >= 0.6 is 0 Å². The molecule has 0 unspecified atom stereocenters. The highest BCUT2D eigenvalue weighted by Crippen LogP contribution is 2.26. The quantitative estimate of drug-likeness (QED) is 0.610. The second-order valence-corrected chi connectivity index (χ2v) is 5.16. The van der Waals surface area contributed by atoms with Crippen LogP contribution in [-0.2, 0) is 4.79 Å². The second-order valence-electron chi connectivity index (χ2n) is 5.16. The highest BCUT2D eigenvalue weighted by atomic mass is 16.6. The van der Waals surface area contributed by atoms with Gasteiger partial charge in [0.15, 0.2) is 0 Å². The highest BCUT2D eigenvalue weighted by Gasteiger charge is 2.20. The lowest BCUT2D eigenvalue weighted by Crippen LogP contribution is -2.31. The molecule has 0 heterocycles. The number of nitro benzene ring substituents is 1. The number of aliphatic carboxylic acids is 1. The molecule has 0 atom stereocenters. The van der Waals surface area contributed by atoms with E-state index in [4.69, 9.17) is 5.11 Å².